The van der Waals surface area contributed by atoms with Crippen molar-refractivity contribution >= 4 is 27.8 Å². The van der Waals surface area contributed by atoms with Crippen LogP contribution in [0, 0.1) is 17.6 Å². The number of aromatic nitrogens is 3. The van der Waals surface area contributed by atoms with Crippen molar-refractivity contribution in [1.82, 2.24) is 14.8 Å². The Morgan fingerprint density at radius 2 is 1.97 bits per heavy atom. The molecule has 4 aromatic rings. The molecule has 1 saturated carbocycles. The second-order valence-corrected chi connectivity index (χ2v) is 9.51. The fourth-order valence-electron chi connectivity index (χ4n) is 5.24. The molecule has 1 fully saturated rings. The number of rotatable bonds is 6. The number of hydrogen-bond donors (Lipinski definition) is 2. The maximum absolute atomic E-state index is 16.0. The molecule has 33 heavy (non-hydrogen) atoms. The molecular weight excluding hydrogens is 428 g/mol. The summed E-state index contributed by atoms with van der Waals surface area (Å²) in [5.41, 5.74) is 2.75. The molecule has 2 heterocycles. The number of halogens is 2. The maximum Gasteiger partial charge on any atom is 0.306 e. The van der Waals surface area contributed by atoms with E-state index in [0.717, 1.165) is 11.3 Å². The monoisotopic (exact) mass is 453 g/mol. The molecule has 0 aliphatic heterocycles. The molecule has 0 unspecified atom stereocenters. The SMILES string of the molecule is COCC(C)(C)c1c(C2CC(C(=O)O)C2)c2c(F)c3[nH]ncc3cc2n1-c1ccc(F)cc1. The van der Waals surface area contributed by atoms with E-state index < -0.39 is 23.1 Å². The van der Waals surface area contributed by atoms with Crippen molar-refractivity contribution in [3.05, 3.63) is 59.4 Å². The van der Waals surface area contributed by atoms with Crippen molar-refractivity contribution in [1.29, 1.82) is 0 Å². The number of carboxylic acids is 1. The van der Waals surface area contributed by atoms with Gasteiger partial charge in [0.05, 0.1) is 24.2 Å². The van der Waals surface area contributed by atoms with Gasteiger partial charge in [-0.2, -0.15) is 5.10 Å². The molecular formula is C25H25F2N3O3. The van der Waals surface area contributed by atoms with Crippen LogP contribution in [-0.4, -0.2) is 39.6 Å². The third kappa shape index (κ3) is 3.31. The lowest BCUT2D eigenvalue weighted by atomic mass is 9.68. The summed E-state index contributed by atoms with van der Waals surface area (Å²) >= 11 is 0. The Balaban J connectivity index is 1.89. The molecule has 2 N–H and O–H groups in total. The molecule has 2 aromatic heterocycles. The normalized spacial score (nSPS) is 18.7. The summed E-state index contributed by atoms with van der Waals surface area (Å²) in [6.45, 7) is 4.41. The summed E-state index contributed by atoms with van der Waals surface area (Å²) in [6.07, 6.45) is 2.45. The molecule has 8 heteroatoms. The predicted octanol–water partition coefficient (Wildman–Crippen LogP) is 5.29. The number of hydrogen-bond acceptors (Lipinski definition) is 3. The number of aromatic amines is 1. The molecule has 0 spiro atoms. The number of carbonyl (C=O) groups is 1. The number of aliphatic carboxylic acids is 1. The van der Waals surface area contributed by atoms with Gasteiger partial charge in [-0.25, -0.2) is 8.78 Å². The fourth-order valence-corrected chi connectivity index (χ4v) is 5.24. The van der Waals surface area contributed by atoms with E-state index in [1.165, 1.54) is 12.1 Å². The van der Waals surface area contributed by atoms with E-state index in [0.29, 0.717) is 46.9 Å². The second kappa shape index (κ2) is 7.66. The van der Waals surface area contributed by atoms with Crippen molar-refractivity contribution in [3.63, 3.8) is 0 Å². The van der Waals surface area contributed by atoms with Gasteiger partial charge in [0.25, 0.3) is 0 Å². The molecule has 0 saturated heterocycles. The number of ether oxygens (including phenoxy) is 1. The first kappa shape index (κ1) is 21.6. The summed E-state index contributed by atoms with van der Waals surface area (Å²) < 4.78 is 37.2. The van der Waals surface area contributed by atoms with Crippen molar-refractivity contribution in [2.75, 3.05) is 13.7 Å². The van der Waals surface area contributed by atoms with E-state index in [9.17, 15) is 14.3 Å². The second-order valence-electron chi connectivity index (χ2n) is 9.51. The lowest BCUT2D eigenvalue weighted by molar-refractivity contribution is -0.145. The van der Waals surface area contributed by atoms with Gasteiger partial charge < -0.3 is 14.4 Å². The fraction of sp³-hybridized carbons (Fsp3) is 0.360. The summed E-state index contributed by atoms with van der Waals surface area (Å²) in [5.74, 6) is -2.17. The van der Waals surface area contributed by atoms with Gasteiger partial charge in [-0.3, -0.25) is 9.89 Å². The Hall–Kier alpha value is -3.26. The van der Waals surface area contributed by atoms with E-state index >= 15 is 4.39 Å². The smallest absolute Gasteiger partial charge is 0.306 e. The maximum atomic E-state index is 16.0. The van der Waals surface area contributed by atoms with Crippen LogP contribution in [0.25, 0.3) is 27.5 Å². The molecule has 0 radical (unpaired) electrons. The van der Waals surface area contributed by atoms with Gasteiger partial charge in [0.1, 0.15) is 11.3 Å². The Morgan fingerprint density at radius 1 is 1.27 bits per heavy atom. The highest BCUT2D eigenvalue weighted by molar-refractivity contribution is 6.00. The van der Waals surface area contributed by atoms with Crippen molar-refractivity contribution in [3.8, 4) is 5.69 Å². The van der Waals surface area contributed by atoms with Crippen LogP contribution in [0.2, 0.25) is 0 Å². The van der Waals surface area contributed by atoms with E-state index in [1.807, 2.05) is 24.5 Å². The number of carboxylic acid groups (broad SMARTS) is 1. The zero-order chi connectivity index (χ0) is 23.5. The van der Waals surface area contributed by atoms with Crippen molar-refractivity contribution in [2.24, 2.45) is 5.92 Å². The highest BCUT2D eigenvalue weighted by Gasteiger charge is 2.42. The highest BCUT2D eigenvalue weighted by atomic mass is 19.1. The van der Waals surface area contributed by atoms with Crippen LogP contribution in [-0.2, 0) is 14.9 Å². The van der Waals surface area contributed by atoms with E-state index in [2.05, 4.69) is 10.2 Å². The number of benzene rings is 2. The quantitative estimate of drug-likeness (QED) is 0.416. The third-order valence-electron chi connectivity index (χ3n) is 6.77. The number of methoxy groups -OCH3 is 1. The van der Waals surface area contributed by atoms with Crippen LogP contribution in [0.3, 0.4) is 0 Å². The summed E-state index contributed by atoms with van der Waals surface area (Å²) in [7, 11) is 1.62. The van der Waals surface area contributed by atoms with Crippen LogP contribution in [0.1, 0.15) is 43.9 Å². The van der Waals surface area contributed by atoms with Gasteiger partial charge in [0.15, 0.2) is 5.82 Å². The Kier molecular flexibility index (Phi) is 5.01. The summed E-state index contributed by atoms with van der Waals surface area (Å²) in [5, 5.41) is 17.3. The largest absolute Gasteiger partial charge is 0.481 e. The molecule has 172 valence electrons. The minimum Gasteiger partial charge on any atom is -0.481 e. The van der Waals surface area contributed by atoms with E-state index in [1.54, 1.807) is 25.4 Å². The van der Waals surface area contributed by atoms with E-state index in [-0.39, 0.29) is 11.7 Å². The lowest BCUT2D eigenvalue weighted by Crippen LogP contribution is -2.33. The first-order valence-corrected chi connectivity index (χ1v) is 10.9. The minimum atomic E-state index is -0.831. The van der Waals surface area contributed by atoms with Gasteiger partial charge in [-0.1, -0.05) is 13.8 Å². The van der Waals surface area contributed by atoms with Crippen molar-refractivity contribution in [2.45, 2.75) is 38.0 Å². The average Bonchev–Trinajstić information content (AvgIpc) is 3.31. The molecule has 2 aromatic carbocycles. The van der Waals surface area contributed by atoms with Gasteiger partial charge in [-0.15, -0.1) is 0 Å². The number of H-pyrrole nitrogens is 1. The summed E-state index contributed by atoms with van der Waals surface area (Å²) in [6, 6.07) is 7.98. The van der Waals surface area contributed by atoms with E-state index in [4.69, 9.17) is 4.74 Å². The molecule has 0 atom stereocenters. The van der Waals surface area contributed by atoms with Gasteiger partial charge in [-0.05, 0) is 54.7 Å². The first-order chi connectivity index (χ1) is 15.7. The molecule has 6 nitrogen and oxygen atoms in total. The molecule has 0 bridgehead atoms. The zero-order valence-corrected chi connectivity index (χ0v) is 18.7. The topological polar surface area (TPSA) is 80.1 Å². The molecule has 1 aliphatic carbocycles. The number of fused-ring (bicyclic) bond motifs is 2. The Bertz CT molecular complexity index is 1370. The van der Waals surface area contributed by atoms with Crippen LogP contribution in [0.15, 0.2) is 36.5 Å². The molecule has 0 amide bonds. The highest BCUT2D eigenvalue weighted by Crippen LogP contribution is 2.51. The summed E-state index contributed by atoms with van der Waals surface area (Å²) in [4.78, 5) is 11.5. The van der Waals surface area contributed by atoms with Crippen LogP contribution in [0.5, 0.6) is 0 Å². The standard InChI is InChI=1S/C25H25F2N3O3/c1-25(2,12-33-3)23-19(13-8-14(9-13)24(31)32)20-18(10-15-11-28-29-22(15)21(20)27)30(23)17-6-4-16(26)5-7-17/h4-7,10-11,13-14H,8-9,12H2,1-3H3,(H,28,29)(H,31,32). The van der Waals surface area contributed by atoms with Gasteiger partial charge in [0.2, 0.25) is 0 Å². The third-order valence-corrected chi connectivity index (χ3v) is 6.77. The van der Waals surface area contributed by atoms with Crippen molar-refractivity contribution < 1.29 is 23.4 Å². The Morgan fingerprint density at radius 3 is 2.61 bits per heavy atom. The first-order valence-electron chi connectivity index (χ1n) is 10.9. The van der Waals surface area contributed by atoms with Crippen LogP contribution < -0.4 is 0 Å². The van der Waals surface area contributed by atoms with Gasteiger partial charge in [0, 0.05) is 34.7 Å². The molecule has 1 aliphatic rings. The molecule has 5 rings (SSSR count). The Labute approximate surface area is 189 Å². The number of nitrogens with zero attached hydrogens (tertiary/aromatic N) is 2. The van der Waals surface area contributed by atoms with Crippen LogP contribution in [0.4, 0.5) is 8.78 Å². The average molecular weight is 453 g/mol. The zero-order valence-electron chi connectivity index (χ0n) is 18.7. The minimum absolute atomic E-state index is 0.115. The number of nitrogens with one attached hydrogen (secondary N) is 1. The predicted molar refractivity (Wildman–Crippen MR) is 121 cm³/mol. The van der Waals surface area contributed by atoms with Gasteiger partial charge >= 0.3 is 5.97 Å². The van der Waals surface area contributed by atoms with Crippen LogP contribution >= 0.6 is 0 Å². The lowest BCUT2D eigenvalue weighted by Gasteiger charge is -2.36.